The predicted molar refractivity (Wildman–Crippen MR) is 83.6 cm³/mol. The molecular formula is C16H24N2O4. The zero-order valence-corrected chi connectivity index (χ0v) is 13.5. The van der Waals surface area contributed by atoms with E-state index in [2.05, 4.69) is 5.32 Å². The maximum absolute atomic E-state index is 11.7. The number of hydrogen-bond acceptors (Lipinski definition) is 4. The SMILES string of the molecule is CN(Cc1ccccc1)CC(NC(=O)OC(C)(C)C)C(=O)O. The van der Waals surface area contributed by atoms with E-state index in [1.165, 1.54) is 0 Å². The van der Waals surface area contributed by atoms with Gasteiger partial charge in [0.15, 0.2) is 0 Å². The first-order valence-corrected chi connectivity index (χ1v) is 7.12. The highest BCUT2D eigenvalue weighted by molar-refractivity contribution is 5.80. The third-order valence-corrected chi connectivity index (χ3v) is 2.78. The van der Waals surface area contributed by atoms with Gasteiger partial charge in [0.05, 0.1) is 0 Å². The van der Waals surface area contributed by atoms with Crippen molar-refractivity contribution in [2.75, 3.05) is 13.6 Å². The normalized spacial score (nSPS) is 12.8. The average Bonchev–Trinajstić information content (AvgIpc) is 2.36. The van der Waals surface area contributed by atoms with Gasteiger partial charge in [-0.25, -0.2) is 9.59 Å². The van der Waals surface area contributed by atoms with Crippen molar-refractivity contribution in [1.29, 1.82) is 0 Å². The summed E-state index contributed by atoms with van der Waals surface area (Å²) in [5, 5.41) is 11.6. The van der Waals surface area contributed by atoms with Gasteiger partial charge in [0.25, 0.3) is 0 Å². The minimum absolute atomic E-state index is 0.184. The lowest BCUT2D eigenvalue weighted by Crippen LogP contribution is -2.48. The summed E-state index contributed by atoms with van der Waals surface area (Å²) in [5.74, 6) is -1.09. The number of aliphatic carboxylic acids is 1. The second-order valence-electron chi connectivity index (χ2n) is 6.22. The largest absolute Gasteiger partial charge is 0.480 e. The molecule has 0 saturated carbocycles. The molecule has 6 heteroatoms. The zero-order valence-electron chi connectivity index (χ0n) is 13.5. The van der Waals surface area contributed by atoms with Crippen LogP contribution in [-0.4, -0.2) is 47.3 Å². The van der Waals surface area contributed by atoms with Crippen LogP contribution in [0.4, 0.5) is 4.79 Å². The number of nitrogens with zero attached hydrogens (tertiary/aromatic N) is 1. The minimum atomic E-state index is -1.09. The molecule has 22 heavy (non-hydrogen) atoms. The molecule has 0 aliphatic carbocycles. The molecule has 0 aliphatic rings. The van der Waals surface area contributed by atoms with Crippen molar-refractivity contribution in [3.8, 4) is 0 Å². The number of carbonyl (C=O) groups is 2. The quantitative estimate of drug-likeness (QED) is 0.841. The number of nitrogens with one attached hydrogen (secondary N) is 1. The summed E-state index contributed by atoms with van der Waals surface area (Å²) in [6, 6.07) is 8.69. The number of benzene rings is 1. The second kappa shape index (κ2) is 7.79. The summed E-state index contributed by atoms with van der Waals surface area (Å²) in [4.78, 5) is 24.8. The Balaban J connectivity index is 2.57. The van der Waals surface area contributed by atoms with E-state index >= 15 is 0 Å². The van der Waals surface area contributed by atoms with Gasteiger partial charge >= 0.3 is 12.1 Å². The summed E-state index contributed by atoms with van der Waals surface area (Å²) in [5.41, 5.74) is 0.412. The summed E-state index contributed by atoms with van der Waals surface area (Å²) >= 11 is 0. The van der Waals surface area contributed by atoms with E-state index in [1.807, 2.05) is 35.2 Å². The molecule has 1 unspecified atom stereocenters. The fourth-order valence-electron chi connectivity index (χ4n) is 1.91. The van der Waals surface area contributed by atoms with Crippen LogP contribution >= 0.6 is 0 Å². The van der Waals surface area contributed by atoms with E-state index < -0.39 is 23.7 Å². The summed E-state index contributed by atoms with van der Waals surface area (Å²) in [7, 11) is 1.81. The van der Waals surface area contributed by atoms with Crippen LogP contribution < -0.4 is 5.32 Å². The number of amides is 1. The monoisotopic (exact) mass is 308 g/mol. The zero-order chi connectivity index (χ0) is 16.8. The first-order valence-electron chi connectivity index (χ1n) is 7.12. The van der Waals surface area contributed by atoms with Gasteiger partial charge in [0.1, 0.15) is 11.6 Å². The molecule has 0 heterocycles. The number of carbonyl (C=O) groups excluding carboxylic acids is 1. The third-order valence-electron chi connectivity index (χ3n) is 2.78. The molecule has 0 aromatic heterocycles. The van der Waals surface area contributed by atoms with Gasteiger partial charge in [-0.3, -0.25) is 4.90 Å². The highest BCUT2D eigenvalue weighted by Crippen LogP contribution is 2.07. The Kier molecular flexibility index (Phi) is 6.37. The molecule has 0 bridgehead atoms. The van der Waals surface area contributed by atoms with Crippen molar-refractivity contribution >= 4 is 12.1 Å². The van der Waals surface area contributed by atoms with E-state index in [-0.39, 0.29) is 6.54 Å². The summed E-state index contributed by atoms with van der Waals surface area (Å²) in [6.45, 7) is 5.96. The lowest BCUT2D eigenvalue weighted by Gasteiger charge is -2.24. The third kappa shape index (κ3) is 7.08. The summed E-state index contributed by atoms with van der Waals surface area (Å²) < 4.78 is 5.09. The number of likely N-dealkylation sites (N-methyl/N-ethyl adjacent to an activating group) is 1. The molecule has 1 rings (SSSR count). The first kappa shape index (κ1) is 18.0. The van der Waals surface area contributed by atoms with Gasteiger partial charge in [0, 0.05) is 13.1 Å². The van der Waals surface area contributed by atoms with Crippen LogP contribution in [0, 0.1) is 0 Å². The van der Waals surface area contributed by atoms with Gasteiger partial charge < -0.3 is 15.2 Å². The molecule has 122 valence electrons. The molecule has 2 N–H and O–H groups in total. The molecule has 6 nitrogen and oxygen atoms in total. The van der Waals surface area contributed by atoms with Crippen LogP contribution in [-0.2, 0) is 16.1 Å². The number of carboxylic acid groups (broad SMARTS) is 1. The minimum Gasteiger partial charge on any atom is -0.480 e. The smallest absolute Gasteiger partial charge is 0.408 e. The molecule has 0 aliphatic heterocycles. The average molecular weight is 308 g/mol. The van der Waals surface area contributed by atoms with Gasteiger partial charge in [-0.05, 0) is 33.4 Å². The Morgan fingerprint density at radius 3 is 2.36 bits per heavy atom. The standard InChI is InChI=1S/C16H24N2O4/c1-16(2,3)22-15(21)17-13(14(19)20)11-18(4)10-12-8-6-5-7-9-12/h5-9,13H,10-11H2,1-4H3,(H,17,21)(H,19,20). The van der Waals surface area contributed by atoms with Crippen molar-refractivity contribution in [3.05, 3.63) is 35.9 Å². The van der Waals surface area contributed by atoms with Crippen molar-refractivity contribution in [2.45, 2.75) is 39.0 Å². The van der Waals surface area contributed by atoms with Crippen LogP contribution in [0.1, 0.15) is 26.3 Å². The fourth-order valence-corrected chi connectivity index (χ4v) is 1.91. The van der Waals surface area contributed by atoms with E-state index in [4.69, 9.17) is 4.74 Å². The van der Waals surface area contributed by atoms with Gasteiger partial charge in [-0.15, -0.1) is 0 Å². The Hall–Kier alpha value is -2.08. The number of hydrogen-bond donors (Lipinski definition) is 2. The van der Waals surface area contributed by atoms with Crippen LogP contribution in [0.2, 0.25) is 0 Å². The van der Waals surface area contributed by atoms with E-state index in [9.17, 15) is 14.7 Å². The number of alkyl carbamates (subject to hydrolysis) is 1. The highest BCUT2D eigenvalue weighted by atomic mass is 16.6. The van der Waals surface area contributed by atoms with E-state index in [0.717, 1.165) is 5.56 Å². The molecule has 0 saturated heterocycles. The van der Waals surface area contributed by atoms with Crippen LogP contribution in [0.3, 0.4) is 0 Å². The Morgan fingerprint density at radius 2 is 1.86 bits per heavy atom. The van der Waals surface area contributed by atoms with Crippen molar-refractivity contribution < 1.29 is 19.4 Å². The van der Waals surface area contributed by atoms with E-state index in [1.54, 1.807) is 27.8 Å². The lowest BCUT2D eigenvalue weighted by molar-refractivity contribution is -0.140. The number of rotatable bonds is 6. The molecule has 1 atom stereocenters. The Bertz CT molecular complexity index is 497. The predicted octanol–water partition coefficient (Wildman–Crippen LogP) is 2.10. The molecule has 1 aromatic carbocycles. The lowest BCUT2D eigenvalue weighted by atomic mass is 10.2. The Labute approximate surface area is 131 Å². The molecule has 1 amide bonds. The highest BCUT2D eigenvalue weighted by Gasteiger charge is 2.25. The Morgan fingerprint density at radius 1 is 1.27 bits per heavy atom. The molecule has 1 aromatic rings. The first-order chi connectivity index (χ1) is 10.2. The van der Waals surface area contributed by atoms with Crippen molar-refractivity contribution in [1.82, 2.24) is 10.2 Å². The van der Waals surface area contributed by atoms with Gasteiger partial charge in [-0.1, -0.05) is 30.3 Å². The van der Waals surface area contributed by atoms with Gasteiger partial charge in [0.2, 0.25) is 0 Å². The molecule has 0 spiro atoms. The topological polar surface area (TPSA) is 78.9 Å². The number of carboxylic acids is 1. The van der Waals surface area contributed by atoms with E-state index in [0.29, 0.717) is 6.54 Å². The summed E-state index contributed by atoms with van der Waals surface area (Å²) in [6.07, 6.45) is -0.729. The van der Waals surface area contributed by atoms with Crippen molar-refractivity contribution in [3.63, 3.8) is 0 Å². The van der Waals surface area contributed by atoms with Crippen molar-refractivity contribution in [2.24, 2.45) is 0 Å². The number of ether oxygens (including phenoxy) is 1. The maximum atomic E-state index is 11.7. The molecule has 0 radical (unpaired) electrons. The molecule has 0 fully saturated rings. The van der Waals surface area contributed by atoms with Crippen LogP contribution in [0.15, 0.2) is 30.3 Å². The van der Waals surface area contributed by atoms with Crippen LogP contribution in [0.25, 0.3) is 0 Å². The maximum Gasteiger partial charge on any atom is 0.408 e. The molecular weight excluding hydrogens is 284 g/mol. The van der Waals surface area contributed by atoms with Gasteiger partial charge in [-0.2, -0.15) is 0 Å². The van der Waals surface area contributed by atoms with Crippen LogP contribution in [0.5, 0.6) is 0 Å². The second-order valence-corrected chi connectivity index (χ2v) is 6.22. The fraction of sp³-hybridized carbons (Fsp3) is 0.500.